The van der Waals surface area contributed by atoms with E-state index in [1.54, 1.807) is 0 Å². The van der Waals surface area contributed by atoms with Gasteiger partial charge in [0, 0.05) is 12.6 Å². The lowest BCUT2D eigenvalue weighted by molar-refractivity contribution is -0.0157. The first-order valence-corrected chi connectivity index (χ1v) is 6.65. The monoisotopic (exact) mass is 226 g/mol. The molecule has 2 rings (SSSR count). The maximum atomic E-state index is 5.99. The largest absolute Gasteiger partial charge is 0.371 e. The van der Waals surface area contributed by atoms with E-state index in [-0.39, 0.29) is 5.60 Å². The third kappa shape index (κ3) is 3.44. The van der Waals surface area contributed by atoms with E-state index in [4.69, 9.17) is 4.74 Å². The summed E-state index contributed by atoms with van der Waals surface area (Å²) in [5.41, 5.74) is 0.110. The number of nitrogens with one attached hydrogen (secondary N) is 1. The minimum absolute atomic E-state index is 0.110. The molecule has 2 heterocycles. The van der Waals surface area contributed by atoms with Gasteiger partial charge < -0.3 is 15.0 Å². The van der Waals surface area contributed by atoms with Crippen LogP contribution in [0.25, 0.3) is 0 Å². The quantitative estimate of drug-likeness (QED) is 0.791. The first-order valence-electron chi connectivity index (χ1n) is 6.65. The summed E-state index contributed by atoms with van der Waals surface area (Å²) >= 11 is 0. The average molecular weight is 226 g/mol. The molecule has 3 nitrogen and oxygen atoms in total. The average Bonchev–Trinajstić information content (AvgIpc) is 2.58. The fourth-order valence-corrected chi connectivity index (χ4v) is 2.73. The molecule has 0 aromatic rings. The van der Waals surface area contributed by atoms with Crippen molar-refractivity contribution in [2.75, 3.05) is 26.7 Å². The third-order valence-electron chi connectivity index (χ3n) is 3.91. The number of hydrogen-bond donors (Lipinski definition) is 1. The summed E-state index contributed by atoms with van der Waals surface area (Å²) in [5.74, 6) is 0. The van der Waals surface area contributed by atoms with Crippen molar-refractivity contribution >= 4 is 0 Å². The Kier molecular flexibility index (Phi) is 3.88. The van der Waals surface area contributed by atoms with Gasteiger partial charge in [0.2, 0.25) is 0 Å². The lowest BCUT2D eigenvalue weighted by atomic mass is 10.0. The molecular formula is C13H26N2O. The van der Waals surface area contributed by atoms with E-state index in [0.29, 0.717) is 12.1 Å². The number of nitrogens with zero attached hydrogens (tertiary/aromatic N) is 1. The second-order valence-corrected chi connectivity index (χ2v) is 6.02. The van der Waals surface area contributed by atoms with Crippen molar-refractivity contribution in [3.63, 3.8) is 0 Å². The molecule has 0 bridgehead atoms. The molecule has 0 amide bonds. The van der Waals surface area contributed by atoms with E-state index < -0.39 is 0 Å². The molecule has 1 atom stereocenters. The maximum Gasteiger partial charge on any atom is 0.0707 e. The van der Waals surface area contributed by atoms with Crippen LogP contribution in [0.5, 0.6) is 0 Å². The molecular weight excluding hydrogens is 200 g/mol. The second-order valence-electron chi connectivity index (χ2n) is 6.02. The zero-order valence-electron chi connectivity index (χ0n) is 11.0. The topological polar surface area (TPSA) is 24.5 Å². The zero-order valence-corrected chi connectivity index (χ0v) is 11.0. The Bertz CT molecular complexity index is 222. The van der Waals surface area contributed by atoms with Gasteiger partial charge in [0.15, 0.2) is 0 Å². The van der Waals surface area contributed by atoms with Crippen molar-refractivity contribution < 1.29 is 4.74 Å². The SMILES string of the molecule is CN1CCC(NCC2CCC(C)(C)O2)CC1. The molecule has 94 valence electrons. The molecule has 0 radical (unpaired) electrons. The van der Waals surface area contributed by atoms with Crippen LogP contribution in [-0.4, -0.2) is 49.3 Å². The number of likely N-dealkylation sites (tertiary alicyclic amines) is 1. The minimum Gasteiger partial charge on any atom is -0.371 e. The van der Waals surface area contributed by atoms with Gasteiger partial charge in [-0.15, -0.1) is 0 Å². The molecule has 0 aliphatic carbocycles. The molecule has 0 saturated carbocycles. The van der Waals surface area contributed by atoms with Crippen molar-refractivity contribution in [2.45, 2.75) is 57.3 Å². The molecule has 16 heavy (non-hydrogen) atoms. The number of piperidine rings is 1. The highest BCUT2D eigenvalue weighted by Crippen LogP contribution is 2.29. The van der Waals surface area contributed by atoms with Crippen LogP contribution < -0.4 is 5.32 Å². The smallest absolute Gasteiger partial charge is 0.0707 e. The lowest BCUT2D eigenvalue weighted by Gasteiger charge is -2.30. The Labute approximate surface area is 99.5 Å². The van der Waals surface area contributed by atoms with Gasteiger partial charge in [-0.25, -0.2) is 0 Å². The highest BCUT2D eigenvalue weighted by Gasteiger charge is 2.31. The van der Waals surface area contributed by atoms with E-state index in [2.05, 4.69) is 31.1 Å². The Morgan fingerprint density at radius 1 is 1.25 bits per heavy atom. The van der Waals surface area contributed by atoms with E-state index in [1.807, 2.05) is 0 Å². The van der Waals surface area contributed by atoms with Crippen molar-refractivity contribution in [2.24, 2.45) is 0 Å². The number of hydrogen-bond acceptors (Lipinski definition) is 3. The predicted octanol–water partition coefficient (Wildman–Crippen LogP) is 1.63. The first kappa shape index (κ1) is 12.3. The van der Waals surface area contributed by atoms with Crippen LogP contribution in [0.3, 0.4) is 0 Å². The normalized spacial score (nSPS) is 32.1. The van der Waals surface area contributed by atoms with Gasteiger partial charge in [-0.3, -0.25) is 0 Å². The molecule has 0 aromatic heterocycles. The molecule has 1 N–H and O–H groups in total. The van der Waals surface area contributed by atoms with Crippen LogP contribution in [0.2, 0.25) is 0 Å². The van der Waals surface area contributed by atoms with Gasteiger partial charge in [0.05, 0.1) is 11.7 Å². The molecule has 0 spiro atoms. The van der Waals surface area contributed by atoms with Gasteiger partial charge in [0.25, 0.3) is 0 Å². The zero-order chi connectivity index (χ0) is 11.6. The van der Waals surface area contributed by atoms with Gasteiger partial charge in [-0.2, -0.15) is 0 Å². The summed E-state index contributed by atoms with van der Waals surface area (Å²) < 4.78 is 5.99. The standard InChI is InChI=1S/C13H26N2O/c1-13(2)7-4-12(16-13)10-14-11-5-8-15(3)9-6-11/h11-12,14H,4-10H2,1-3H3. The molecule has 2 aliphatic heterocycles. The Morgan fingerprint density at radius 3 is 2.50 bits per heavy atom. The van der Waals surface area contributed by atoms with Gasteiger partial charge in [-0.05, 0) is 59.7 Å². The molecule has 3 heteroatoms. The molecule has 0 aromatic carbocycles. The van der Waals surface area contributed by atoms with Crippen molar-refractivity contribution in [3.8, 4) is 0 Å². The highest BCUT2D eigenvalue weighted by molar-refractivity contribution is 4.84. The van der Waals surface area contributed by atoms with Gasteiger partial charge in [-0.1, -0.05) is 0 Å². The molecule has 2 saturated heterocycles. The Morgan fingerprint density at radius 2 is 1.94 bits per heavy atom. The molecule has 1 unspecified atom stereocenters. The Balaban J connectivity index is 1.65. The van der Waals surface area contributed by atoms with Gasteiger partial charge >= 0.3 is 0 Å². The van der Waals surface area contributed by atoms with Crippen LogP contribution in [0.1, 0.15) is 39.5 Å². The second kappa shape index (κ2) is 5.03. The summed E-state index contributed by atoms with van der Waals surface area (Å²) in [6, 6.07) is 0.712. The first-order chi connectivity index (χ1) is 7.55. The van der Waals surface area contributed by atoms with E-state index in [1.165, 1.54) is 38.8 Å². The van der Waals surface area contributed by atoms with Crippen molar-refractivity contribution in [1.82, 2.24) is 10.2 Å². The van der Waals surface area contributed by atoms with Crippen LogP contribution in [-0.2, 0) is 4.74 Å². The number of rotatable bonds is 3. The van der Waals surface area contributed by atoms with Crippen molar-refractivity contribution in [1.29, 1.82) is 0 Å². The van der Waals surface area contributed by atoms with E-state index in [0.717, 1.165) is 6.54 Å². The summed E-state index contributed by atoms with van der Waals surface area (Å²) in [7, 11) is 2.21. The summed E-state index contributed by atoms with van der Waals surface area (Å²) in [6.07, 6.45) is 5.42. The van der Waals surface area contributed by atoms with Crippen LogP contribution in [0.15, 0.2) is 0 Å². The maximum absolute atomic E-state index is 5.99. The van der Waals surface area contributed by atoms with E-state index >= 15 is 0 Å². The summed E-state index contributed by atoms with van der Waals surface area (Å²) in [6.45, 7) is 7.90. The van der Waals surface area contributed by atoms with Crippen LogP contribution in [0.4, 0.5) is 0 Å². The Hall–Kier alpha value is -0.120. The fourth-order valence-electron chi connectivity index (χ4n) is 2.73. The predicted molar refractivity (Wildman–Crippen MR) is 66.7 cm³/mol. The van der Waals surface area contributed by atoms with E-state index in [9.17, 15) is 0 Å². The van der Waals surface area contributed by atoms with Crippen LogP contribution >= 0.6 is 0 Å². The summed E-state index contributed by atoms with van der Waals surface area (Å²) in [5, 5.41) is 3.67. The number of ether oxygens (including phenoxy) is 1. The van der Waals surface area contributed by atoms with Crippen molar-refractivity contribution in [3.05, 3.63) is 0 Å². The lowest BCUT2D eigenvalue weighted by Crippen LogP contribution is -2.43. The van der Waals surface area contributed by atoms with Crippen LogP contribution in [0, 0.1) is 0 Å². The minimum atomic E-state index is 0.110. The molecule has 2 fully saturated rings. The fraction of sp³-hybridized carbons (Fsp3) is 1.00. The highest BCUT2D eigenvalue weighted by atomic mass is 16.5. The molecule has 2 aliphatic rings. The van der Waals surface area contributed by atoms with Gasteiger partial charge in [0.1, 0.15) is 0 Å². The summed E-state index contributed by atoms with van der Waals surface area (Å²) in [4.78, 5) is 2.41. The third-order valence-corrected chi connectivity index (χ3v) is 3.91.